The van der Waals surface area contributed by atoms with E-state index in [1.54, 1.807) is 13.3 Å². The maximum Gasteiger partial charge on any atom is 0.137 e. The number of nitrogens with one attached hydrogen (secondary N) is 1. The smallest absolute Gasteiger partial charge is 0.137 e. The van der Waals surface area contributed by atoms with Crippen LogP contribution in [0.3, 0.4) is 0 Å². The van der Waals surface area contributed by atoms with Crippen LogP contribution in [0.4, 0.5) is 0 Å². The van der Waals surface area contributed by atoms with Crippen molar-refractivity contribution in [2.75, 3.05) is 13.7 Å². The van der Waals surface area contributed by atoms with Crippen LogP contribution in [-0.4, -0.2) is 18.6 Å². The van der Waals surface area contributed by atoms with Crippen LogP contribution in [0.5, 0.6) is 5.75 Å². The van der Waals surface area contributed by atoms with Gasteiger partial charge in [-0.2, -0.15) is 0 Å². The van der Waals surface area contributed by atoms with Crippen molar-refractivity contribution < 1.29 is 4.74 Å². The minimum atomic E-state index is 0.312. The van der Waals surface area contributed by atoms with Crippen molar-refractivity contribution in [3.05, 3.63) is 48.3 Å². The second-order valence-corrected chi connectivity index (χ2v) is 4.48. The van der Waals surface area contributed by atoms with E-state index in [4.69, 9.17) is 4.74 Å². The van der Waals surface area contributed by atoms with Crippen LogP contribution in [-0.2, 0) is 0 Å². The number of rotatable bonds is 5. The third-order valence-corrected chi connectivity index (χ3v) is 3.20. The Bertz CT molecular complexity index is 540. The van der Waals surface area contributed by atoms with Gasteiger partial charge in [-0.3, -0.25) is 4.98 Å². The molecule has 0 aliphatic rings. The maximum absolute atomic E-state index is 5.25. The normalized spacial score (nSPS) is 12.2. The van der Waals surface area contributed by atoms with Crippen LogP contribution >= 0.6 is 0 Å². The fourth-order valence-corrected chi connectivity index (χ4v) is 2.23. The highest BCUT2D eigenvalue weighted by Crippen LogP contribution is 2.29. The summed E-state index contributed by atoms with van der Waals surface area (Å²) in [6, 6.07) is 10.7. The summed E-state index contributed by atoms with van der Waals surface area (Å²) in [5.41, 5.74) is 3.56. The van der Waals surface area contributed by atoms with Gasteiger partial charge in [-0.1, -0.05) is 31.2 Å². The molecule has 1 unspecified atom stereocenters. The van der Waals surface area contributed by atoms with E-state index in [0.717, 1.165) is 17.9 Å². The Labute approximate surface area is 114 Å². The molecule has 1 heterocycles. The SMILES string of the molecule is CCNC(C)c1ccccc1-c1cncc(OC)c1. The Morgan fingerprint density at radius 1 is 1.26 bits per heavy atom. The molecule has 1 aromatic carbocycles. The van der Waals surface area contributed by atoms with E-state index < -0.39 is 0 Å². The first-order valence-electron chi connectivity index (χ1n) is 6.58. The largest absolute Gasteiger partial charge is 0.495 e. The number of pyridine rings is 1. The Kier molecular flexibility index (Phi) is 4.53. The van der Waals surface area contributed by atoms with E-state index in [9.17, 15) is 0 Å². The molecule has 1 aromatic heterocycles. The van der Waals surface area contributed by atoms with Crippen LogP contribution < -0.4 is 10.1 Å². The van der Waals surface area contributed by atoms with Gasteiger partial charge in [0, 0.05) is 17.8 Å². The van der Waals surface area contributed by atoms with Gasteiger partial charge in [-0.15, -0.1) is 0 Å². The number of ether oxygens (including phenoxy) is 1. The summed E-state index contributed by atoms with van der Waals surface area (Å²) < 4.78 is 5.25. The lowest BCUT2D eigenvalue weighted by Crippen LogP contribution is -2.18. The van der Waals surface area contributed by atoms with Crippen molar-refractivity contribution in [2.45, 2.75) is 19.9 Å². The van der Waals surface area contributed by atoms with E-state index in [1.165, 1.54) is 11.1 Å². The molecule has 2 rings (SSSR count). The summed E-state index contributed by atoms with van der Waals surface area (Å²) in [4.78, 5) is 4.23. The Hall–Kier alpha value is -1.87. The molecule has 0 bridgehead atoms. The van der Waals surface area contributed by atoms with Crippen molar-refractivity contribution >= 4 is 0 Å². The number of nitrogens with zero attached hydrogens (tertiary/aromatic N) is 1. The highest BCUT2D eigenvalue weighted by molar-refractivity contribution is 5.68. The molecular weight excluding hydrogens is 236 g/mol. The van der Waals surface area contributed by atoms with Crippen molar-refractivity contribution in [1.29, 1.82) is 0 Å². The van der Waals surface area contributed by atoms with Crippen molar-refractivity contribution in [2.24, 2.45) is 0 Å². The van der Waals surface area contributed by atoms with Crippen LogP contribution in [0.1, 0.15) is 25.5 Å². The number of methoxy groups -OCH3 is 1. The van der Waals surface area contributed by atoms with Gasteiger partial charge >= 0.3 is 0 Å². The predicted molar refractivity (Wildman–Crippen MR) is 78.3 cm³/mol. The fourth-order valence-electron chi connectivity index (χ4n) is 2.23. The van der Waals surface area contributed by atoms with Gasteiger partial charge in [0.2, 0.25) is 0 Å². The summed E-state index contributed by atoms with van der Waals surface area (Å²) in [6.07, 6.45) is 3.60. The summed E-state index contributed by atoms with van der Waals surface area (Å²) in [6.45, 7) is 5.24. The van der Waals surface area contributed by atoms with E-state index in [2.05, 4.69) is 48.4 Å². The molecule has 0 fully saturated rings. The number of hydrogen-bond acceptors (Lipinski definition) is 3. The van der Waals surface area contributed by atoms with Crippen molar-refractivity contribution in [3.63, 3.8) is 0 Å². The Morgan fingerprint density at radius 2 is 2.05 bits per heavy atom. The van der Waals surface area contributed by atoms with Crippen LogP contribution in [0.2, 0.25) is 0 Å². The molecule has 0 amide bonds. The van der Waals surface area contributed by atoms with Crippen LogP contribution in [0, 0.1) is 0 Å². The third-order valence-electron chi connectivity index (χ3n) is 3.20. The topological polar surface area (TPSA) is 34.2 Å². The second kappa shape index (κ2) is 6.34. The van der Waals surface area contributed by atoms with Gasteiger partial charge in [0.1, 0.15) is 5.75 Å². The number of aromatic nitrogens is 1. The molecule has 3 nitrogen and oxygen atoms in total. The lowest BCUT2D eigenvalue weighted by molar-refractivity contribution is 0.413. The van der Waals surface area contributed by atoms with Gasteiger partial charge < -0.3 is 10.1 Å². The highest BCUT2D eigenvalue weighted by Gasteiger charge is 2.11. The highest BCUT2D eigenvalue weighted by atomic mass is 16.5. The van der Waals surface area contributed by atoms with E-state index in [-0.39, 0.29) is 0 Å². The zero-order chi connectivity index (χ0) is 13.7. The van der Waals surface area contributed by atoms with Crippen molar-refractivity contribution in [1.82, 2.24) is 10.3 Å². The Morgan fingerprint density at radius 3 is 2.79 bits per heavy atom. The minimum absolute atomic E-state index is 0.312. The molecular formula is C16H20N2O. The lowest BCUT2D eigenvalue weighted by Gasteiger charge is -2.17. The molecule has 0 aliphatic carbocycles. The molecule has 0 aliphatic heterocycles. The molecule has 1 N–H and O–H groups in total. The molecule has 1 atom stereocenters. The average molecular weight is 256 g/mol. The van der Waals surface area contributed by atoms with Gasteiger partial charge in [-0.05, 0) is 30.7 Å². The first-order chi connectivity index (χ1) is 9.26. The maximum atomic E-state index is 5.25. The van der Waals surface area contributed by atoms with E-state index in [1.807, 2.05) is 12.3 Å². The Balaban J connectivity index is 2.43. The average Bonchev–Trinajstić information content (AvgIpc) is 2.47. The van der Waals surface area contributed by atoms with Gasteiger partial charge in [0.05, 0.1) is 13.3 Å². The zero-order valence-electron chi connectivity index (χ0n) is 11.7. The fraction of sp³-hybridized carbons (Fsp3) is 0.312. The summed E-state index contributed by atoms with van der Waals surface area (Å²) in [5.74, 6) is 0.781. The van der Waals surface area contributed by atoms with Crippen molar-refractivity contribution in [3.8, 4) is 16.9 Å². The number of hydrogen-bond donors (Lipinski definition) is 1. The molecule has 0 saturated carbocycles. The van der Waals surface area contributed by atoms with Gasteiger partial charge in [0.15, 0.2) is 0 Å². The summed E-state index contributed by atoms with van der Waals surface area (Å²) in [7, 11) is 1.66. The number of benzene rings is 1. The van der Waals surface area contributed by atoms with Gasteiger partial charge in [-0.25, -0.2) is 0 Å². The molecule has 0 saturated heterocycles. The lowest BCUT2D eigenvalue weighted by atomic mass is 9.96. The summed E-state index contributed by atoms with van der Waals surface area (Å²) >= 11 is 0. The summed E-state index contributed by atoms with van der Waals surface area (Å²) in [5, 5.41) is 3.45. The molecule has 100 valence electrons. The first-order valence-corrected chi connectivity index (χ1v) is 6.58. The third kappa shape index (κ3) is 3.12. The van der Waals surface area contributed by atoms with E-state index in [0.29, 0.717) is 6.04 Å². The quantitative estimate of drug-likeness (QED) is 0.890. The molecule has 0 spiro atoms. The second-order valence-electron chi connectivity index (χ2n) is 4.48. The monoisotopic (exact) mass is 256 g/mol. The molecule has 19 heavy (non-hydrogen) atoms. The molecule has 0 radical (unpaired) electrons. The van der Waals surface area contributed by atoms with Crippen LogP contribution in [0.25, 0.3) is 11.1 Å². The van der Waals surface area contributed by atoms with E-state index >= 15 is 0 Å². The first kappa shape index (κ1) is 13.6. The predicted octanol–water partition coefficient (Wildman–Crippen LogP) is 3.43. The molecule has 3 heteroatoms. The van der Waals surface area contributed by atoms with Gasteiger partial charge in [0.25, 0.3) is 0 Å². The standard InChI is InChI=1S/C16H20N2O/c1-4-18-12(2)15-7-5-6-8-16(15)13-9-14(19-3)11-17-10-13/h5-12,18H,4H2,1-3H3. The van der Waals surface area contributed by atoms with Crippen LogP contribution in [0.15, 0.2) is 42.7 Å². The zero-order valence-corrected chi connectivity index (χ0v) is 11.7. The molecule has 2 aromatic rings. The minimum Gasteiger partial charge on any atom is -0.495 e.